The summed E-state index contributed by atoms with van der Waals surface area (Å²) < 4.78 is 25.2. The molecule has 0 spiro atoms. The lowest BCUT2D eigenvalue weighted by atomic mass is 10.1. The van der Waals surface area contributed by atoms with E-state index in [9.17, 15) is 23.7 Å². The SMILES string of the molecule is N#Cc1cc(CC(=O)O)nc(C(F)F)c1[N+](=O)[O-]. The van der Waals surface area contributed by atoms with Crippen LogP contribution in [0.1, 0.15) is 23.4 Å². The van der Waals surface area contributed by atoms with Gasteiger partial charge in [-0.1, -0.05) is 0 Å². The molecule has 1 aromatic heterocycles. The Hall–Kier alpha value is -2.63. The van der Waals surface area contributed by atoms with Crippen LogP contribution >= 0.6 is 0 Å². The molecule has 0 unspecified atom stereocenters. The molecule has 9 heteroatoms. The highest BCUT2D eigenvalue weighted by atomic mass is 19.3. The largest absolute Gasteiger partial charge is 0.481 e. The summed E-state index contributed by atoms with van der Waals surface area (Å²) in [5.41, 5.74) is -3.27. The minimum atomic E-state index is -3.27. The van der Waals surface area contributed by atoms with Gasteiger partial charge in [-0.2, -0.15) is 5.26 Å². The average Bonchev–Trinajstić information content (AvgIpc) is 2.26. The quantitative estimate of drug-likeness (QED) is 0.643. The number of carboxylic acids is 1. The van der Waals surface area contributed by atoms with Crippen LogP contribution < -0.4 is 0 Å². The molecule has 1 aromatic rings. The first-order chi connectivity index (χ1) is 8.36. The molecule has 0 saturated heterocycles. The Kier molecular flexibility index (Phi) is 3.83. The van der Waals surface area contributed by atoms with Gasteiger partial charge < -0.3 is 5.11 Å². The number of carbonyl (C=O) groups is 1. The number of hydrogen-bond donors (Lipinski definition) is 1. The molecule has 1 heterocycles. The third-order valence-corrected chi connectivity index (χ3v) is 1.91. The van der Waals surface area contributed by atoms with Crippen LogP contribution in [0.15, 0.2) is 6.07 Å². The Morgan fingerprint density at radius 2 is 2.28 bits per heavy atom. The standard InChI is InChI=1S/C9H5F2N3O4/c10-9(11)7-8(14(17)18)4(3-12)1-5(13-7)2-6(15)16/h1,9H,2H2,(H,15,16). The molecule has 7 nitrogen and oxygen atoms in total. The maximum atomic E-state index is 12.6. The van der Waals surface area contributed by atoms with Crippen molar-refractivity contribution < 1.29 is 23.6 Å². The summed E-state index contributed by atoms with van der Waals surface area (Å²) in [6.45, 7) is 0. The number of nitrogens with zero attached hydrogens (tertiary/aromatic N) is 3. The van der Waals surface area contributed by atoms with E-state index >= 15 is 0 Å². The summed E-state index contributed by atoms with van der Waals surface area (Å²) in [7, 11) is 0. The van der Waals surface area contributed by atoms with Crippen LogP contribution in [-0.4, -0.2) is 21.0 Å². The van der Waals surface area contributed by atoms with Crippen LogP contribution in [-0.2, 0) is 11.2 Å². The van der Waals surface area contributed by atoms with Gasteiger partial charge in [-0.05, 0) is 6.07 Å². The zero-order valence-electron chi connectivity index (χ0n) is 8.63. The highest BCUT2D eigenvalue weighted by molar-refractivity contribution is 5.70. The molecule has 0 saturated carbocycles. The number of rotatable bonds is 4. The van der Waals surface area contributed by atoms with Gasteiger partial charge in [0.1, 0.15) is 11.6 Å². The smallest absolute Gasteiger partial charge is 0.314 e. The highest BCUT2D eigenvalue weighted by Gasteiger charge is 2.29. The van der Waals surface area contributed by atoms with Crippen LogP contribution in [0, 0.1) is 21.4 Å². The van der Waals surface area contributed by atoms with Crippen LogP contribution in [0.3, 0.4) is 0 Å². The molecule has 0 aromatic carbocycles. The van der Waals surface area contributed by atoms with Crippen molar-refractivity contribution in [3.05, 3.63) is 33.1 Å². The third-order valence-electron chi connectivity index (χ3n) is 1.91. The molecule has 94 valence electrons. The minimum Gasteiger partial charge on any atom is -0.481 e. The zero-order valence-corrected chi connectivity index (χ0v) is 8.63. The monoisotopic (exact) mass is 257 g/mol. The number of hydrogen-bond acceptors (Lipinski definition) is 5. The van der Waals surface area contributed by atoms with Crippen LogP contribution in [0.4, 0.5) is 14.5 Å². The van der Waals surface area contributed by atoms with Crippen molar-refractivity contribution in [2.45, 2.75) is 12.8 Å². The fourth-order valence-corrected chi connectivity index (χ4v) is 1.29. The number of aromatic nitrogens is 1. The zero-order chi connectivity index (χ0) is 13.9. The van der Waals surface area contributed by atoms with Crippen molar-refractivity contribution >= 4 is 11.7 Å². The topological polar surface area (TPSA) is 117 Å². The van der Waals surface area contributed by atoms with E-state index in [1.165, 1.54) is 6.07 Å². The summed E-state index contributed by atoms with van der Waals surface area (Å²) in [4.78, 5) is 23.1. The molecule has 0 fully saturated rings. The lowest BCUT2D eigenvalue weighted by Crippen LogP contribution is -2.08. The van der Waals surface area contributed by atoms with Gasteiger partial charge in [0.15, 0.2) is 5.69 Å². The van der Waals surface area contributed by atoms with Crippen molar-refractivity contribution in [1.29, 1.82) is 5.26 Å². The minimum absolute atomic E-state index is 0.333. The van der Waals surface area contributed by atoms with E-state index in [1.807, 2.05) is 0 Å². The summed E-state index contributed by atoms with van der Waals surface area (Å²) in [6, 6.07) is 2.20. The molecule has 1 N–H and O–H groups in total. The van der Waals surface area contributed by atoms with Gasteiger partial charge in [0.2, 0.25) is 0 Å². The lowest BCUT2D eigenvalue weighted by molar-refractivity contribution is -0.386. The first kappa shape index (κ1) is 13.4. The van der Waals surface area contributed by atoms with Crippen molar-refractivity contribution in [1.82, 2.24) is 4.98 Å². The summed E-state index contributed by atoms with van der Waals surface area (Å²) in [6.07, 6.45) is -3.97. The third kappa shape index (κ3) is 2.73. The van der Waals surface area contributed by atoms with Gasteiger partial charge in [-0.3, -0.25) is 14.9 Å². The summed E-state index contributed by atoms with van der Waals surface area (Å²) >= 11 is 0. The predicted molar refractivity (Wildman–Crippen MR) is 51.9 cm³/mol. The molecule has 0 aliphatic carbocycles. The van der Waals surface area contributed by atoms with E-state index in [0.717, 1.165) is 6.07 Å². The van der Waals surface area contributed by atoms with Crippen LogP contribution in [0.5, 0.6) is 0 Å². The summed E-state index contributed by atoms with van der Waals surface area (Å²) in [5, 5.41) is 27.8. The number of halogens is 2. The second-order valence-electron chi connectivity index (χ2n) is 3.14. The maximum Gasteiger partial charge on any atom is 0.314 e. The van der Waals surface area contributed by atoms with E-state index in [1.54, 1.807) is 0 Å². The van der Waals surface area contributed by atoms with E-state index in [4.69, 9.17) is 10.4 Å². The predicted octanol–water partition coefficient (Wildman–Crippen LogP) is 1.43. The Morgan fingerprint density at radius 1 is 1.67 bits per heavy atom. The molecule has 0 bridgehead atoms. The number of pyridine rings is 1. The molecule has 0 aliphatic heterocycles. The van der Waals surface area contributed by atoms with E-state index in [2.05, 4.69) is 4.98 Å². The second kappa shape index (κ2) is 5.13. The normalized spacial score (nSPS) is 10.1. The highest BCUT2D eigenvalue weighted by Crippen LogP contribution is 2.30. The van der Waals surface area contributed by atoms with E-state index < -0.39 is 40.7 Å². The fraction of sp³-hybridized carbons (Fsp3) is 0.222. The fourth-order valence-electron chi connectivity index (χ4n) is 1.29. The van der Waals surface area contributed by atoms with Crippen molar-refractivity contribution in [2.24, 2.45) is 0 Å². The van der Waals surface area contributed by atoms with Crippen molar-refractivity contribution in [3.63, 3.8) is 0 Å². The van der Waals surface area contributed by atoms with E-state index in [0.29, 0.717) is 0 Å². The molecule has 1 rings (SSSR count). The Labute approximate surface area is 98.4 Å². The molecular formula is C9H5F2N3O4. The maximum absolute atomic E-state index is 12.6. The Morgan fingerprint density at radius 3 is 2.67 bits per heavy atom. The van der Waals surface area contributed by atoms with E-state index in [-0.39, 0.29) is 5.69 Å². The summed E-state index contributed by atoms with van der Waals surface area (Å²) in [5.74, 6) is -1.35. The first-order valence-electron chi connectivity index (χ1n) is 4.45. The lowest BCUT2D eigenvalue weighted by Gasteiger charge is -2.05. The van der Waals surface area contributed by atoms with Gasteiger partial charge in [0, 0.05) is 0 Å². The Bertz CT molecular complexity index is 553. The van der Waals surface area contributed by atoms with Gasteiger partial charge in [0.05, 0.1) is 17.0 Å². The molecule has 0 radical (unpaired) electrons. The molecule has 0 aliphatic rings. The number of nitriles is 1. The average molecular weight is 257 g/mol. The van der Waals surface area contributed by atoms with Crippen LogP contribution in [0.2, 0.25) is 0 Å². The number of aliphatic carboxylic acids is 1. The molecular weight excluding hydrogens is 252 g/mol. The van der Waals surface area contributed by atoms with Crippen LogP contribution in [0.25, 0.3) is 0 Å². The second-order valence-corrected chi connectivity index (χ2v) is 3.14. The molecule has 0 amide bonds. The number of nitro groups is 1. The number of carboxylic acid groups (broad SMARTS) is 1. The van der Waals surface area contributed by atoms with Gasteiger partial charge in [-0.15, -0.1) is 0 Å². The number of alkyl halides is 2. The van der Waals surface area contributed by atoms with Gasteiger partial charge in [-0.25, -0.2) is 13.8 Å². The first-order valence-corrected chi connectivity index (χ1v) is 4.45. The molecule has 18 heavy (non-hydrogen) atoms. The van der Waals surface area contributed by atoms with Crippen molar-refractivity contribution in [2.75, 3.05) is 0 Å². The Balaban J connectivity index is 3.49. The van der Waals surface area contributed by atoms with Gasteiger partial charge >= 0.3 is 11.7 Å². The molecule has 0 atom stereocenters. The van der Waals surface area contributed by atoms with Crippen molar-refractivity contribution in [3.8, 4) is 6.07 Å². The van der Waals surface area contributed by atoms with Gasteiger partial charge in [0.25, 0.3) is 6.43 Å².